The molecule has 5 nitrogen and oxygen atoms in total. The molecule has 5 heteroatoms. The lowest BCUT2D eigenvalue weighted by Gasteiger charge is -1.95. The van der Waals surface area contributed by atoms with Crippen molar-refractivity contribution in [2.75, 3.05) is 0 Å². The van der Waals surface area contributed by atoms with Crippen molar-refractivity contribution >= 4 is 11.7 Å². The van der Waals surface area contributed by atoms with Gasteiger partial charge in [-0.15, -0.1) is 0 Å². The molecular formula is C14H12N4O. The second-order valence-corrected chi connectivity index (χ2v) is 4.31. The standard InChI is InChI=1S/C14H12N4O/c15-13(19)11-7-16-14-17-12(9-18(14)8-11)6-10-4-2-1-3-5-10/h1-5,7-9H,6H2,(H2,15,19). The van der Waals surface area contributed by atoms with Crippen LogP contribution in [-0.4, -0.2) is 20.3 Å². The van der Waals surface area contributed by atoms with Crippen LogP contribution in [0.3, 0.4) is 0 Å². The van der Waals surface area contributed by atoms with Crippen molar-refractivity contribution in [2.45, 2.75) is 6.42 Å². The van der Waals surface area contributed by atoms with Crippen LogP contribution < -0.4 is 5.73 Å². The van der Waals surface area contributed by atoms with Crippen LogP contribution in [0.1, 0.15) is 21.6 Å². The summed E-state index contributed by atoms with van der Waals surface area (Å²) >= 11 is 0. The van der Waals surface area contributed by atoms with Crippen LogP contribution in [-0.2, 0) is 6.42 Å². The van der Waals surface area contributed by atoms with Crippen LogP contribution in [0.15, 0.2) is 48.9 Å². The molecule has 0 saturated heterocycles. The number of nitrogens with zero attached hydrogens (tertiary/aromatic N) is 3. The van der Waals surface area contributed by atoms with E-state index in [-0.39, 0.29) is 0 Å². The Morgan fingerprint density at radius 3 is 2.74 bits per heavy atom. The number of carbonyl (C=O) groups is 1. The zero-order valence-corrected chi connectivity index (χ0v) is 10.2. The van der Waals surface area contributed by atoms with Gasteiger partial charge in [0.25, 0.3) is 5.91 Å². The van der Waals surface area contributed by atoms with E-state index < -0.39 is 5.91 Å². The maximum absolute atomic E-state index is 11.1. The van der Waals surface area contributed by atoms with Gasteiger partial charge in [-0.3, -0.25) is 9.20 Å². The summed E-state index contributed by atoms with van der Waals surface area (Å²) in [5.74, 6) is 0.0728. The molecule has 0 fully saturated rings. The fourth-order valence-corrected chi connectivity index (χ4v) is 1.95. The number of fused-ring (bicyclic) bond motifs is 1. The third-order valence-electron chi connectivity index (χ3n) is 2.87. The number of hydrogen-bond donors (Lipinski definition) is 1. The van der Waals surface area contributed by atoms with Gasteiger partial charge in [0.2, 0.25) is 5.78 Å². The molecule has 0 spiro atoms. The predicted octanol–water partition coefficient (Wildman–Crippen LogP) is 1.42. The van der Waals surface area contributed by atoms with Crippen molar-refractivity contribution in [1.29, 1.82) is 0 Å². The van der Waals surface area contributed by atoms with Crippen LogP contribution in [0.4, 0.5) is 0 Å². The maximum Gasteiger partial charge on any atom is 0.251 e. The topological polar surface area (TPSA) is 73.3 Å². The first-order chi connectivity index (χ1) is 9.22. The van der Waals surface area contributed by atoms with Crippen LogP contribution in [0.2, 0.25) is 0 Å². The monoisotopic (exact) mass is 252 g/mol. The van der Waals surface area contributed by atoms with Crippen molar-refractivity contribution in [3.8, 4) is 0 Å². The van der Waals surface area contributed by atoms with Crippen LogP contribution in [0, 0.1) is 0 Å². The van der Waals surface area contributed by atoms with E-state index in [9.17, 15) is 4.79 Å². The van der Waals surface area contributed by atoms with E-state index in [0.717, 1.165) is 12.1 Å². The highest BCUT2D eigenvalue weighted by Gasteiger charge is 2.06. The van der Waals surface area contributed by atoms with Crippen molar-refractivity contribution in [1.82, 2.24) is 14.4 Å². The predicted molar refractivity (Wildman–Crippen MR) is 70.8 cm³/mol. The minimum absolute atomic E-state index is 0.371. The smallest absolute Gasteiger partial charge is 0.251 e. The van der Waals surface area contributed by atoms with E-state index in [1.165, 1.54) is 11.8 Å². The van der Waals surface area contributed by atoms with Gasteiger partial charge in [-0.25, -0.2) is 9.97 Å². The Morgan fingerprint density at radius 2 is 2.00 bits per heavy atom. The van der Waals surface area contributed by atoms with E-state index in [0.29, 0.717) is 11.3 Å². The third-order valence-corrected chi connectivity index (χ3v) is 2.87. The zero-order chi connectivity index (χ0) is 13.2. The van der Waals surface area contributed by atoms with Crippen LogP contribution in [0.25, 0.3) is 5.78 Å². The van der Waals surface area contributed by atoms with Gasteiger partial charge >= 0.3 is 0 Å². The van der Waals surface area contributed by atoms with Gasteiger partial charge in [-0.05, 0) is 5.56 Å². The fraction of sp³-hybridized carbons (Fsp3) is 0.0714. The number of amides is 1. The van der Waals surface area contributed by atoms with E-state index in [4.69, 9.17) is 5.73 Å². The molecule has 0 bridgehead atoms. The zero-order valence-electron chi connectivity index (χ0n) is 10.2. The highest BCUT2D eigenvalue weighted by atomic mass is 16.1. The first kappa shape index (κ1) is 11.4. The molecule has 1 amide bonds. The second-order valence-electron chi connectivity index (χ2n) is 4.31. The first-order valence-electron chi connectivity index (χ1n) is 5.90. The second kappa shape index (κ2) is 4.53. The Balaban J connectivity index is 1.95. The molecule has 0 atom stereocenters. The summed E-state index contributed by atoms with van der Waals surface area (Å²) in [4.78, 5) is 19.6. The normalized spacial score (nSPS) is 10.7. The molecule has 0 aliphatic rings. The van der Waals surface area contributed by atoms with Gasteiger partial charge in [-0.1, -0.05) is 30.3 Å². The number of rotatable bonds is 3. The molecule has 19 heavy (non-hydrogen) atoms. The van der Waals surface area contributed by atoms with E-state index >= 15 is 0 Å². The molecule has 0 saturated carbocycles. The van der Waals surface area contributed by atoms with Gasteiger partial charge in [0, 0.05) is 25.0 Å². The van der Waals surface area contributed by atoms with Gasteiger partial charge < -0.3 is 5.73 Å². The van der Waals surface area contributed by atoms with Crippen molar-refractivity contribution < 1.29 is 4.79 Å². The van der Waals surface area contributed by atoms with Gasteiger partial charge in [0.1, 0.15) is 0 Å². The molecule has 0 aliphatic heterocycles. The van der Waals surface area contributed by atoms with Gasteiger partial charge in [0.05, 0.1) is 11.3 Å². The Labute approximate surface area is 109 Å². The lowest BCUT2D eigenvalue weighted by Crippen LogP contribution is -2.12. The summed E-state index contributed by atoms with van der Waals surface area (Å²) in [6.07, 6.45) is 5.68. The molecule has 2 heterocycles. The summed E-state index contributed by atoms with van der Waals surface area (Å²) < 4.78 is 1.72. The Bertz CT molecular complexity index is 734. The lowest BCUT2D eigenvalue weighted by molar-refractivity contribution is 0.0999. The van der Waals surface area contributed by atoms with Crippen LogP contribution >= 0.6 is 0 Å². The molecular weight excluding hydrogens is 240 g/mol. The molecule has 2 aromatic heterocycles. The van der Waals surface area contributed by atoms with E-state index in [1.807, 2.05) is 36.5 Å². The quantitative estimate of drug-likeness (QED) is 0.766. The highest BCUT2D eigenvalue weighted by Crippen LogP contribution is 2.10. The highest BCUT2D eigenvalue weighted by molar-refractivity contribution is 5.92. The number of primary amides is 1. The number of imidazole rings is 1. The van der Waals surface area contributed by atoms with Gasteiger partial charge in [-0.2, -0.15) is 0 Å². The Morgan fingerprint density at radius 1 is 1.21 bits per heavy atom. The van der Waals surface area contributed by atoms with Crippen LogP contribution in [0.5, 0.6) is 0 Å². The van der Waals surface area contributed by atoms with E-state index in [1.54, 1.807) is 10.6 Å². The molecule has 2 N–H and O–H groups in total. The fourth-order valence-electron chi connectivity index (χ4n) is 1.95. The SMILES string of the molecule is NC(=O)c1cnc2nc(Cc3ccccc3)cn2c1. The van der Waals surface area contributed by atoms with Crippen molar-refractivity contribution in [2.24, 2.45) is 5.73 Å². The number of aromatic nitrogens is 3. The van der Waals surface area contributed by atoms with Crippen molar-refractivity contribution in [3.63, 3.8) is 0 Å². The number of nitrogens with two attached hydrogens (primary N) is 1. The maximum atomic E-state index is 11.1. The lowest BCUT2D eigenvalue weighted by atomic mass is 10.1. The van der Waals surface area contributed by atoms with Gasteiger partial charge in [0.15, 0.2) is 0 Å². The Hall–Kier alpha value is -2.69. The minimum Gasteiger partial charge on any atom is -0.366 e. The first-order valence-corrected chi connectivity index (χ1v) is 5.90. The summed E-state index contributed by atoms with van der Waals surface area (Å²) in [5, 5.41) is 0. The van der Waals surface area contributed by atoms with Crippen molar-refractivity contribution in [3.05, 3.63) is 65.7 Å². The molecule has 3 rings (SSSR count). The molecule has 0 radical (unpaired) electrons. The summed E-state index contributed by atoms with van der Waals surface area (Å²) in [6, 6.07) is 10.1. The molecule has 1 aromatic carbocycles. The summed E-state index contributed by atoms with van der Waals surface area (Å²) in [7, 11) is 0. The number of benzene rings is 1. The summed E-state index contributed by atoms with van der Waals surface area (Å²) in [5.41, 5.74) is 7.68. The Kier molecular flexibility index (Phi) is 2.72. The average Bonchev–Trinajstić information content (AvgIpc) is 2.80. The average molecular weight is 252 g/mol. The molecule has 3 aromatic rings. The molecule has 94 valence electrons. The summed E-state index contributed by atoms with van der Waals surface area (Å²) in [6.45, 7) is 0. The number of carbonyl (C=O) groups excluding carboxylic acids is 1. The number of hydrogen-bond acceptors (Lipinski definition) is 3. The third kappa shape index (κ3) is 2.30. The van der Waals surface area contributed by atoms with E-state index in [2.05, 4.69) is 9.97 Å². The minimum atomic E-state index is -0.493. The largest absolute Gasteiger partial charge is 0.366 e. The molecule has 0 aliphatic carbocycles. The molecule has 0 unspecified atom stereocenters.